The number of carbonyl (C=O) groups excluding carboxylic acids is 2. The molecule has 3 heterocycles. The molecule has 0 bridgehead atoms. The molecule has 1 N–H and O–H groups in total. The number of aromatic nitrogens is 2. The van der Waals surface area contributed by atoms with Crippen LogP contribution in [0.15, 0.2) is 41.8 Å². The van der Waals surface area contributed by atoms with Crippen molar-refractivity contribution in [2.24, 2.45) is 5.92 Å². The summed E-state index contributed by atoms with van der Waals surface area (Å²) in [6.07, 6.45) is 4.50. The predicted molar refractivity (Wildman–Crippen MR) is 122 cm³/mol. The summed E-state index contributed by atoms with van der Waals surface area (Å²) in [7, 11) is 0. The Bertz CT molecular complexity index is 1120. The molecule has 1 aliphatic heterocycles. The maximum Gasteiger partial charge on any atom is 0.291 e. The third-order valence-electron chi connectivity index (χ3n) is 6.96. The number of carbonyl (C=O) groups is 2. The highest BCUT2D eigenvalue weighted by atomic mass is 32.1. The van der Waals surface area contributed by atoms with Gasteiger partial charge in [0.1, 0.15) is 5.54 Å². The van der Waals surface area contributed by atoms with Crippen molar-refractivity contribution in [1.29, 1.82) is 0 Å². The van der Waals surface area contributed by atoms with Gasteiger partial charge in [-0.1, -0.05) is 38.0 Å². The average molecular weight is 437 g/mol. The summed E-state index contributed by atoms with van der Waals surface area (Å²) in [5, 5.41) is 5.32. The minimum atomic E-state index is -0.991. The lowest BCUT2D eigenvalue weighted by molar-refractivity contribution is -0.134. The molecule has 0 radical (unpaired) electrons. The Balaban J connectivity index is 1.54. The molecular formula is C24H28N4O2S. The highest BCUT2D eigenvalue weighted by Crippen LogP contribution is 2.33. The van der Waals surface area contributed by atoms with Crippen molar-refractivity contribution in [3.8, 4) is 0 Å². The van der Waals surface area contributed by atoms with E-state index in [2.05, 4.69) is 17.2 Å². The maximum absolute atomic E-state index is 13.8. The first kappa shape index (κ1) is 20.2. The van der Waals surface area contributed by atoms with Gasteiger partial charge in [-0.2, -0.15) is 0 Å². The van der Waals surface area contributed by atoms with Gasteiger partial charge >= 0.3 is 0 Å². The van der Waals surface area contributed by atoms with Crippen LogP contribution in [0.4, 0.5) is 0 Å². The normalized spacial score (nSPS) is 26.1. The molecule has 3 unspecified atom stereocenters. The second kappa shape index (κ2) is 7.79. The Morgan fingerprint density at radius 1 is 1.23 bits per heavy atom. The van der Waals surface area contributed by atoms with Crippen molar-refractivity contribution in [3.63, 3.8) is 0 Å². The van der Waals surface area contributed by atoms with E-state index in [1.807, 2.05) is 53.3 Å². The fourth-order valence-corrected chi connectivity index (χ4v) is 5.68. The smallest absolute Gasteiger partial charge is 0.291 e. The maximum atomic E-state index is 13.8. The topological polar surface area (TPSA) is 67.2 Å². The number of nitrogens with zero attached hydrogens (tertiary/aromatic N) is 3. The summed E-state index contributed by atoms with van der Waals surface area (Å²) in [6.45, 7) is 4.92. The molecule has 7 heteroatoms. The minimum Gasteiger partial charge on any atom is -0.351 e. The molecule has 162 valence electrons. The molecule has 6 nitrogen and oxygen atoms in total. The second-order valence-electron chi connectivity index (χ2n) is 9.10. The van der Waals surface area contributed by atoms with Gasteiger partial charge in [0.2, 0.25) is 5.91 Å². The highest BCUT2D eigenvalue weighted by molar-refractivity contribution is 7.09. The van der Waals surface area contributed by atoms with Crippen molar-refractivity contribution in [1.82, 2.24) is 19.8 Å². The van der Waals surface area contributed by atoms with Crippen molar-refractivity contribution in [2.75, 3.05) is 0 Å². The molecule has 1 aliphatic carbocycles. The van der Waals surface area contributed by atoms with E-state index in [4.69, 9.17) is 0 Å². The molecule has 2 amide bonds. The van der Waals surface area contributed by atoms with Crippen LogP contribution in [0.3, 0.4) is 0 Å². The molecule has 2 aromatic heterocycles. The Labute approximate surface area is 186 Å². The molecule has 1 aromatic carbocycles. The molecule has 2 aliphatic rings. The van der Waals surface area contributed by atoms with Crippen molar-refractivity contribution < 1.29 is 9.59 Å². The van der Waals surface area contributed by atoms with Gasteiger partial charge in [0.25, 0.3) is 5.91 Å². The van der Waals surface area contributed by atoms with Gasteiger partial charge in [-0.15, -0.1) is 11.3 Å². The van der Waals surface area contributed by atoms with E-state index in [0.717, 1.165) is 35.2 Å². The van der Waals surface area contributed by atoms with Crippen LogP contribution in [-0.2, 0) is 17.9 Å². The largest absolute Gasteiger partial charge is 0.351 e. The lowest BCUT2D eigenvalue weighted by Gasteiger charge is -2.44. The van der Waals surface area contributed by atoms with E-state index in [1.54, 1.807) is 16.2 Å². The third-order valence-corrected chi connectivity index (χ3v) is 7.83. The fraction of sp³-hybridized carbons (Fsp3) is 0.458. The minimum absolute atomic E-state index is 0.0698. The van der Waals surface area contributed by atoms with Crippen LogP contribution in [0.2, 0.25) is 0 Å². The number of nitrogens with one attached hydrogen (secondary N) is 1. The molecule has 1 saturated carbocycles. The van der Waals surface area contributed by atoms with E-state index in [1.165, 1.54) is 6.42 Å². The number of amides is 2. The van der Waals surface area contributed by atoms with Gasteiger partial charge in [0, 0.05) is 10.9 Å². The lowest BCUT2D eigenvalue weighted by atomic mass is 9.85. The number of hydrogen-bond acceptors (Lipinski definition) is 4. The Morgan fingerprint density at radius 3 is 2.81 bits per heavy atom. The van der Waals surface area contributed by atoms with Gasteiger partial charge in [-0.3, -0.25) is 9.59 Å². The summed E-state index contributed by atoms with van der Waals surface area (Å²) in [5.41, 5.74) is 0.688. The number of para-hydroxylation sites is 2. The predicted octanol–water partition coefficient (Wildman–Crippen LogP) is 4.21. The second-order valence-corrected chi connectivity index (χ2v) is 10.1. The molecule has 31 heavy (non-hydrogen) atoms. The molecule has 0 saturated heterocycles. The first-order valence-electron chi connectivity index (χ1n) is 11.1. The SMILES string of the molecule is CC1CCCCC1NC(=O)C1(C)Cn2c(nc3ccccc32)C(=O)N1Cc1cccs1. The van der Waals surface area contributed by atoms with Gasteiger partial charge in [-0.25, -0.2) is 4.98 Å². The van der Waals surface area contributed by atoms with Crippen molar-refractivity contribution >= 4 is 34.2 Å². The Morgan fingerprint density at radius 2 is 2.03 bits per heavy atom. The first-order chi connectivity index (χ1) is 15.0. The van der Waals surface area contributed by atoms with Crippen LogP contribution in [0.5, 0.6) is 0 Å². The zero-order chi connectivity index (χ0) is 21.6. The zero-order valence-corrected chi connectivity index (χ0v) is 18.8. The van der Waals surface area contributed by atoms with Gasteiger partial charge in [0.05, 0.1) is 24.1 Å². The number of imidazole rings is 1. The number of fused-ring (bicyclic) bond motifs is 3. The summed E-state index contributed by atoms with van der Waals surface area (Å²) < 4.78 is 1.92. The third kappa shape index (κ3) is 3.45. The summed E-state index contributed by atoms with van der Waals surface area (Å²) in [6, 6.07) is 11.9. The number of rotatable bonds is 4. The van der Waals surface area contributed by atoms with Crippen LogP contribution in [0.1, 0.15) is 55.0 Å². The number of hydrogen-bond donors (Lipinski definition) is 1. The number of benzene rings is 1. The quantitative estimate of drug-likeness (QED) is 0.666. The summed E-state index contributed by atoms with van der Waals surface area (Å²) in [4.78, 5) is 34.8. The monoisotopic (exact) mass is 436 g/mol. The van der Waals surface area contributed by atoms with Crippen LogP contribution in [0, 0.1) is 5.92 Å². The molecule has 1 fully saturated rings. The van der Waals surface area contributed by atoms with Crippen molar-refractivity contribution in [2.45, 2.75) is 64.2 Å². The summed E-state index contributed by atoms with van der Waals surface area (Å²) in [5.74, 6) is 0.606. The molecule has 3 aromatic rings. The standard InChI is InChI=1S/C24H28N4O2S/c1-16-8-3-4-10-18(16)26-23(30)24(2)15-27-20-12-6-5-11-19(20)25-21(27)22(29)28(24)14-17-9-7-13-31-17/h5-7,9,11-13,16,18H,3-4,8,10,14-15H2,1-2H3,(H,26,30). The van der Waals surface area contributed by atoms with Gasteiger partial charge < -0.3 is 14.8 Å². The highest BCUT2D eigenvalue weighted by Gasteiger charge is 2.49. The van der Waals surface area contributed by atoms with Crippen molar-refractivity contribution in [3.05, 3.63) is 52.5 Å². The van der Waals surface area contributed by atoms with E-state index >= 15 is 0 Å². The molecule has 5 rings (SSSR count). The van der Waals surface area contributed by atoms with Gasteiger partial charge in [-0.05, 0) is 49.3 Å². The number of thiophene rings is 1. The zero-order valence-electron chi connectivity index (χ0n) is 18.0. The van der Waals surface area contributed by atoms with Crippen LogP contribution in [0.25, 0.3) is 11.0 Å². The Kier molecular flexibility index (Phi) is 5.08. The average Bonchev–Trinajstić information content (AvgIpc) is 3.41. The molecule has 0 spiro atoms. The van der Waals surface area contributed by atoms with E-state index in [9.17, 15) is 9.59 Å². The molecular weight excluding hydrogens is 408 g/mol. The molecule has 3 atom stereocenters. The summed E-state index contributed by atoms with van der Waals surface area (Å²) >= 11 is 1.60. The van der Waals surface area contributed by atoms with E-state index < -0.39 is 5.54 Å². The van der Waals surface area contributed by atoms with E-state index in [-0.39, 0.29) is 17.9 Å². The van der Waals surface area contributed by atoms with Crippen LogP contribution < -0.4 is 5.32 Å². The van der Waals surface area contributed by atoms with Crippen LogP contribution in [-0.4, -0.2) is 37.8 Å². The van der Waals surface area contributed by atoms with Gasteiger partial charge in [0.15, 0.2) is 5.82 Å². The fourth-order valence-electron chi connectivity index (χ4n) is 4.99. The van der Waals surface area contributed by atoms with E-state index in [0.29, 0.717) is 24.8 Å². The first-order valence-corrected chi connectivity index (χ1v) is 12.0. The Hall–Kier alpha value is -2.67. The van der Waals surface area contributed by atoms with Crippen LogP contribution >= 0.6 is 11.3 Å². The lowest BCUT2D eigenvalue weighted by Crippen LogP contribution is -2.65.